The molecular formula is C22H32N2O5. The zero-order chi connectivity index (χ0) is 21.7. The fourth-order valence-corrected chi connectivity index (χ4v) is 2.45. The number of allylic oxidation sites excluding steroid dienone is 1. The predicted octanol–water partition coefficient (Wildman–Crippen LogP) is 3.14. The summed E-state index contributed by atoms with van der Waals surface area (Å²) in [5.74, 6) is -0.575. The van der Waals surface area contributed by atoms with E-state index in [4.69, 9.17) is 9.47 Å². The zero-order valence-corrected chi connectivity index (χ0v) is 17.7. The molecule has 2 N–H and O–H groups in total. The minimum absolute atomic E-state index is 0.184. The molecule has 1 rings (SSSR count). The molecule has 0 heterocycles. The number of alkyl carbamates (subject to hydrolysis) is 1. The van der Waals surface area contributed by atoms with Crippen LogP contribution >= 0.6 is 0 Å². The number of amides is 2. The Kier molecular flexibility index (Phi) is 10.5. The number of hydrogen-bond donors (Lipinski definition) is 2. The maximum absolute atomic E-state index is 12.3. The molecule has 0 fully saturated rings. The Balaban J connectivity index is 2.59. The van der Waals surface area contributed by atoms with Crippen molar-refractivity contribution in [3.05, 3.63) is 48.0 Å². The van der Waals surface area contributed by atoms with E-state index in [1.807, 2.05) is 42.5 Å². The van der Waals surface area contributed by atoms with Crippen LogP contribution in [0.1, 0.15) is 46.1 Å². The standard InChI is InChI=1S/C22H32N2O5/c1-5-28-20(26)14-10-9-13-18(15-17-11-7-6-8-12-17)24-19(25)16-23-21(27)29-22(2,3)4/h6-9,11-13,18H,5,10,14-16H2,1-4H3,(H,23,27)(H,24,25)/b13-9-/t18-/m1/s1. The average Bonchev–Trinajstić information content (AvgIpc) is 2.63. The minimum Gasteiger partial charge on any atom is -0.466 e. The van der Waals surface area contributed by atoms with Gasteiger partial charge in [0, 0.05) is 6.42 Å². The fraction of sp³-hybridized carbons (Fsp3) is 0.500. The molecule has 7 heteroatoms. The Morgan fingerprint density at radius 1 is 1.14 bits per heavy atom. The number of esters is 1. The van der Waals surface area contributed by atoms with Crippen LogP contribution in [0.2, 0.25) is 0 Å². The molecule has 7 nitrogen and oxygen atoms in total. The number of hydrogen-bond acceptors (Lipinski definition) is 5. The third kappa shape index (κ3) is 12.3. The zero-order valence-electron chi connectivity index (χ0n) is 17.7. The van der Waals surface area contributed by atoms with Crippen molar-refractivity contribution >= 4 is 18.0 Å². The first-order chi connectivity index (χ1) is 13.7. The summed E-state index contributed by atoms with van der Waals surface area (Å²) < 4.78 is 10.0. The first kappa shape index (κ1) is 24.2. The van der Waals surface area contributed by atoms with Crippen molar-refractivity contribution in [3.8, 4) is 0 Å². The largest absolute Gasteiger partial charge is 0.466 e. The molecule has 0 saturated carbocycles. The monoisotopic (exact) mass is 404 g/mol. The van der Waals surface area contributed by atoms with Crippen molar-refractivity contribution in [2.45, 2.75) is 58.6 Å². The van der Waals surface area contributed by atoms with Gasteiger partial charge in [0.05, 0.1) is 12.6 Å². The summed E-state index contributed by atoms with van der Waals surface area (Å²) in [7, 11) is 0. The first-order valence-electron chi connectivity index (χ1n) is 9.82. The Hall–Kier alpha value is -2.83. The number of rotatable bonds is 10. The van der Waals surface area contributed by atoms with Gasteiger partial charge >= 0.3 is 12.1 Å². The lowest BCUT2D eigenvalue weighted by atomic mass is 10.0. The molecule has 1 aromatic carbocycles. The maximum atomic E-state index is 12.3. The normalized spacial score (nSPS) is 12.3. The molecular weight excluding hydrogens is 372 g/mol. The van der Waals surface area contributed by atoms with Gasteiger partial charge in [-0.25, -0.2) is 4.79 Å². The van der Waals surface area contributed by atoms with Crippen LogP contribution < -0.4 is 10.6 Å². The third-order valence-electron chi connectivity index (χ3n) is 3.63. The van der Waals surface area contributed by atoms with Crippen molar-refractivity contribution in [2.24, 2.45) is 0 Å². The van der Waals surface area contributed by atoms with E-state index in [1.165, 1.54) is 0 Å². The van der Waals surface area contributed by atoms with E-state index < -0.39 is 11.7 Å². The van der Waals surface area contributed by atoms with Crippen LogP contribution in [0.3, 0.4) is 0 Å². The second-order valence-electron chi connectivity index (χ2n) is 7.49. The smallest absolute Gasteiger partial charge is 0.408 e. The molecule has 0 bridgehead atoms. The second-order valence-corrected chi connectivity index (χ2v) is 7.49. The van der Waals surface area contributed by atoms with Crippen LogP contribution in [0.25, 0.3) is 0 Å². The van der Waals surface area contributed by atoms with Crippen molar-refractivity contribution in [2.75, 3.05) is 13.2 Å². The van der Waals surface area contributed by atoms with E-state index in [0.717, 1.165) is 5.56 Å². The van der Waals surface area contributed by atoms with Gasteiger partial charge in [-0.1, -0.05) is 42.5 Å². The summed E-state index contributed by atoms with van der Waals surface area (Å²) in [5, 5.41) is 5.33. The lowest BCUT2D eigenvalue weighted by molar-refractivity contribution is -0.143. The lowest BCUT2D eigenvalue weighted by Gasteiger charge is -2.20. The third-order valence-corrected chi connectivity index (χ3v) is 3.63. The number of nitrogens with one attached hydrogen (secondary N) is 2. The molecule has 0 aliphatic rings. The molecule has 1 atom stereocenters. The van der Waals surface area contributed by atoms with Crippen molar-refractivity contribution in [1.82, 2.24) is 10.6 Å². The molecule has 0 saturated heterocycles. The summed E-state index contributed by atoms with van der Waals surface area (Å²) in [6.07, 6.45) is 4.47. The van der Waals surface area contributed by atoms with E-state index in [9.17, 15) is 14.4 Å². The molecule has 1 aromatic rings. The SMILES string of the molecule is CCOC(=O)CC/C=C\[C@H](Cc1ccccc1)NC(=O)CNC(=O)OC(C)(C)C. The van der Waals surface area contributed by atoms with Gasteiger partial charge in [-0.05, 0) is 46.1 Å². The van der Waals surface area contributed by atoms with Crippen LogP contribution in [0.15, 0.2) is 42.5 Å². The number of carbonyl (C=O) groups excluding carboxylic acids is 3. The van der Waals surface area contributed by atoms with Gasteiger partial charge in [0.15, 0.2) is 0 Å². The van der Waals surface area contributed by atoms with Crippen LogP contribution in [0, 0.1) is 0 Å². The highest BCUT2D eigenvalue weighted by Crippen LogP contribution is 2.07. The van der Waals surface area contributed by atoms with Gasteiger partial charge in [-0.15, -0.1) is 0 Å². The summed E-state index contributed by atoms with van der Waals surface area (Å²) in [6, 6.07) is 9.48. The van der Waals surface area contributed by atoms with Crippen LogP contribution in [-0.4, -0.2) is 42.8 Å². The van der Waals surface area contributed by atoms with E-state index >= 15 is 0 Å². The highest BCUT2D eigenvalue weighted by Gasteiger charge is 2.17. The summed E-state index contributed by atoms with van der Waals surface area (Å²) in [4.78, 5) is 35.4. The number of ether oxygens (including phenoxy) is 2. The van der Waals surface area contributed by atoms with Gasteiger partial charge in [-0.3, -0.25) is 9.59 Å². The maximum Gasteiger partial charge on any atom is 0.408 e. The summed E-state index contributed by atoms with van der Waals surface area (Å²) >= 11 is 0. The topological polar surface area (TPSA) is 93.7 Å². The summed E-state index contributed by atoms with van der Waals surface area (Å²) in [6.45, 7) is 7.21. The van der Waals surface area contributed by atoms with Crippen LogP contribution in [0.4, 0.5) is 4.79 Å². The van der Waals surface area contributed by atoms with Crippen LogP contribution in [-0.2, 0) is 25.5 Å². The predicted molar refractivity (Wildman–Crippen MR) is 111 cm³/mol. The molecule has 0 spiro atoms. The molecule has 0 aliphatic heterocycles. The Labute approximate surface area is 172 Å². The molecule has 29 heavy (non-hydrogen) atoms. The quantitative estimate of drug-likeness (QED) is 0.462. The van der Waals surface area contributed by atoms with E-state index in [1.54, 1.807) is 27.7 Å². The Bertz CT molecular complexity index is 680. The minimum atomic E-state index is -0.641. The highest BCUT2D eigenvalue weighted by atomic mass is 16.6. The molecule has 2 amide bonds. The van der Waals surface area contributed by atoms with Gasteiger partial charge in [-0.2, -0.15) is 0 Å². The van der Waals surface area contributed by atoms with Gasteiger partial charge < -0.3 is 20.1 Å². The molecule has 0 unspecified atom stereocenters. The second kappa shape index (κ2) is 12.6. The average molecular weight is 405 g/mol. The van der Waals surface area contributed by atoms with E-state index in [2.05, 4.69) is 10.6 Å². The van der Waals surface area contributed by atoms with Crippen molar-refractivity contribution < 1.29 is 23.9 Å². The summed E-state index contributed by atoms with van der Waals surface area (Å²) in [5.41, 5.74) is 0.436. The van der Waals surface area contributed by atoms with Crippen LogP contribution in [0.5, 0.6) is 0 Å². The number of carbonyl (C=O) groups is 3. The Morgan fingerprint density at radius 3 is 2.45 bits per heavy atom. The van der Waals surface area contributed by atoms with E-state index in [-0.39, 0.29) is 30.9 Å². The Morgan fingerprint density at radius 2 is 1.83 bits per heavy atom. The molecule has 0 radical (unpaired) electrons. The van der Waals surface area contributed by atoms with Crippen molar-refractivity contribution in [1.29, 1.82) is 0 Å². The number of benzene rings is 1. The highest BCUT2D eigenvalue weighted by molar-refractivity contribution is 5.82. The fourth-order valence-electron chi connectivity index (χ4n) is 2.45. The van der Waals surface area contributed by atoms with E-state index in [0.29, 0.717) is 19.4 Å². The van der Waals surface area contributed by atoms with Gasteiger partial charge in [0.2, 0.25) is 5.91 Å². The lowest BCUT2D eigenvalue weighted by Crippen LogP contribution is -2.43. The molecule has 0 aliphatic carbocycles. The van der Waals surface area contributed by atoms with Gasteiger partial charge in [0.25, 0.3) is 0 Å². The molecule has 160 valence electrons. The molecule has 0 aromatic heterocycles. The van der Waals surface area contributed by atoms with Crippen molar-refractivity contribution in [3.63, 3.8) is 0 Å². The first-order valence-corrected chi connectivity index (χ1v) is 9.82. The van der Waals surface area contributed by atoms with Gasteiger partial charge in [0.1, 0.15) is 12.1 Å².